The molecule has 1 N–H and O–H groups in total. The first kappa shape index (κ1) is 21.1. The van der Waals surface area contributed by atoms with E-state index in [2.05, 4.69) is 39.5 Å². The zero-order valence-corrected chi connectivity index (χ0v) is 18.0. The molecule has 3 aromatic rings. The van der Waals surface area contributed by atoms with Gasteiger partial charge in [0.05, 0.1) is 13.3 Å². The largest absolute Gasteiger partial charge is 0.497 e. The van der Waals surface area contributed by atoms with Gasteiger partial charge in [0, 0.05) is 31.5 Å². The molecule has 1 aromatic heterocycles. The summed E-state index contributed by atoms with van der Waals surface area (Å²) in [6, 6.07) is 16.1. The van der Waals surface area contributed by atoms with Crippen molar-refractivity contribution in [3.8, 4) is 17.1 Å². The maximum absolute atomic E-state index is 12.2. The number of carbonyl (C=O) groups excluding carboxylic acids is 1. The first-order chi connectivity index (χ1) is 15.2. The van der Waals surface area contributed by atoms with E-state index in [-0.39, 0.29) is 5.91 Å². The molecule has 0 spiro atoms. The smallest absolute Gasteiger partial charge is 0.220 e. The molecule has 0 atom stereocenters. The van der Waals surface area contributed by atoms with Crippen LogP contribution in [0.2, 0.25) is 0 Å². The van der Waals surface area contributed by atoms with Gasteiger partial charge in [0.15, 0.2) is 11.7 Å². The number of hydrogen-bond acceptors (Lipinski definition) is 5. The Balaban J connectivity index is 1.21. The number of benzene rings is 2. The minimum absolute atomic E-state index is 0.00894. The number of oxazole rings is 1. The number of carbonyl (C=O) groups is 1. The normalized spacial score (nSPS) is 14.0. The lowest BCUT2D eigenvalue weighted by atomic mass is 10.1. The summed E-state index contributed by atoms with van der Waals surface area (Å²) in [4.78, 5) is 19.0. The summed E-state index contributed by atoms with van der Waals surface area (Å²) in [5, 5.41) is 2.98. The Morgan fingerprint density at radius 3 is 2.48 bits per heavy atom. The number of ether oxygens (including phenoxy) is 1. The lowest BCUT2D eigenvalue weighted by Crippen LogP contribution is -2.23. The van der Waals surface area contributed by atoms with Crippen LogP contribution < -0.4 is 10.1 Å². The standard InChI is InChI=1S/C25H29N3O3/c1-30-22-10-8-21(9-11-22)23-17-27-25(31-23)13-12-24(29)26-16-19-4-6-20(7-5-19)18-28-14-2-3-15-28/h4-11,17H,2-3,12-16,18H2,1H3,(H,26,29). The molecule has 2 heterocycles. The van der Waals surface area contributed by atoms with Crippen molar-refractivity contribution in [3.63, 3.8) is 0 Å². The van der Waals surface area contributed by atoms with Crippen LogP contribution in [0.15, 0.2) is 59.1 Å². The van der Waals surface area contributed by atoms with E-state index >= 15 is 0 Å². The predicted octanol–water partition coefficient (Wildman–Crippen LogP) is 4.20. The zero-order chi connectivity index (χ0) is 21.5. The Bertz CT molecular complexity index is 974. The average Bonchev–Trinajstić information content (AvgIpc) is 3.49. The second-order valence-electron chi connectivity index (χ2n) is 7.92. The Labute approximate surface area is 183 Å². The summed E-state index contributed by atoms with van der Waals surface area (Å²) in [6.07, 6.45) is 5.12. The Hall–Kier alpha value is -3.12. The van der Waals surface area contributed by atoms with E-state index in [1.165, 1.54) is 31.5 Å². The molecule has 31 heavy (non-hydrogen) atoms. The molecule has 0 radical (unpaired) electrons. The van der Waals surface area contributed by atoms with Crippen LogP contribution in [0.3, 0.4) is 0 Å². The minimum atomic E-state index is -0.00894. The van der Waals surface area contributed by atoms with Crippen molar-refractivity contribution in [1.29, 1.82) is 0 Å². The highest BCUT2D eigenvalue weighted by Crippen LogP contribution is 2.23. The van der Waals surface area contributed by atoms with Gasteiger partial charge in [-0.15, -0.1) is 0 Å². The SMILES string of the molecule is COc1ccc(-c2cnc(CCC(=O)NCc3ccc(CN4CCCC4)cc3)o2)cc1. The van der Waals surface area contributed by atoms with Crippen molar-refractivity contribution in [1.82, 2.24) is 15.2 Å². The average molecular weight is 420 g/mol. The highest BCUT2D eigenvalue weighted by Gasteiger charge is 2.12. The predicted molar refractivity (Wildman–Crippen MR) is 120 cm³/mol. The lowest BCUT2D eigenvalue weighted by molar-refractivity contribution is -0.121. The van der Waals surface area contributed by atoms with Crippen molar-refractivity contribution in [2.75, 3.05) is 20.2 Å². The van der Waals surface area contributed by atoms with E-state index in [0.29, 0.717) is 31.0 Å². The third-order valence-corrected chi connectivity index (χ3v) is 5.61. The molecule has 1 amide bonds. The van der Waals surface area contributed by atoms with Crippen LogP contribution in [0.4, 0.5) is 0 Å². The fourth-order valence-electron chi connectivity index (χ4n) is 3.79. The molecule has 4 rings (SSSR count). The van der Waals surface area contributed by atoms with Gasteiger partial charge in [0.2, 0.25) is 5.91 Å². The van der Waals surface area contributed by atoms with Gasteiger partial charge >= 0.3 is 0 Å². The monoisotopic (exact) mass is 419 g/mol. The van der Waals surface area contributed by atoms with Crippen LogP contribution >= 0.6 is 0 Å². The fourth-order valence-corrected chi connectivity index (χ4v) is 3.79. The maximum Gasteiger partial charge on any atom is 0.220 e. The Kier molecular flexibility index (Phi) is 6.99. The summed E-state index contributed by atoms with van der Waals surface area (Å²) in [5.41, 5.74) is 3.36. The molecule has 0 bridgehead atoms. The van der Waals surface area contributed by atoms with Crippen molar-refractivity contribution >= 4 is 5.91 Å². The quantitative estimate of drug-likeness (QED) is 0.563. The fraction of sp³-hybridized carbons (Fsp3) is 0.360. The number of likely N-dealkylation sites (tertiary alicyclic amines) is 1. The van der Waals surface area contributed by atoms with Crippen LogP contribution in [0.1, 0.15) is 36.3 Å². The van der Waals surface area contributed by atoms with E-state index in [0.717, 1.165) is 23.4 Å². The second-order valence-corrected chi connectivity index (χ2v) is 7.92. The number of methoxy groups -OCH3 is 1. The Morgan fingerprint density at radius 1 is 1.06 bits per heavy atom. The maximum atomic E-state index is 12.2. The van der Waals surface area contributed by atoms with Crippen molar-refractivity contribution in [3.05, 3.63) is 71.7 Å². The molecule has 0 unspecified atom stereocenters. The summed E-state index contributed by atoms with van der Waals surface area (Å²) >= 11 is 0. The highest BCUT2D eigenvalue weighted by atomic mass is 16.5. The number of aromatic nitrogens is 1. The van der Waals surface area contributed by atoms with Gasteiger partial charge in [-0.1, -0.05) is 24.3 Å². The number of hydrogen-bond donors (Lipinski definition) is 1. The van der Waals surface area contributed by atoms with Gasteiger partial charge in [-0.25, -0.2) is 4.98 Å². The van der Waals surface area contributed by atoms with Crippen molar-refractivity contribution in [2.24, 2.45) is 0 Å². The summed E-state index contributed by atoms with van der Waals surface area (Å²) in [7, 11) is 1.64. The summed E-state index contributed by atoms with van der Waals surface area (Å²) < 4.78 is 11.0. The van der Waals surface area contributed by atoms with E-state index in [1.807, 2.05) is 24.3 Å². The molecule has 6 nitrogen and oxygen atoms in total. The number of amides is 1. The molecular weight excluding hydrogens is 390 g/mol. The van der Waals surface area contributed by atoms with E-state index < -0.39 is 0 Å². The minimum Gasteiger partial charge on any atom is -0.497 e. The molecule has 6 heteroatoms. The number of rotatable bonds is 9. The molecule has 2 aromatic carbocycles. The molecule has 0 saturated carbocycles. The van der Waals surface area contributed by atoms with Crippen LogP contribution in [0.25, 0.3) is 11.3 Å². The van der Waals surface area contributed by atoms with Crippen LogP contribution in [-0.4, -0.2) is 36.0 Å². The van der Waals surface area contributed by atoms with Gasteiger partial charge in [-0.05, 0) is 61.3 Å². The van der Waals surface area contributed by atoms with E-state index in [1.54, 1.807) is 13.3 Å². The van der Waals surface area contributed by atoms with Crippen molar-refractivity contribution in [2.45, 2.75) is 38.8 Å². The molecule has 1 fully saturated rings. The number of nitrogens with zero attached hydrogens (tertiary/aromatic N) is 2. The van der Waals surface area contributed by atoms with E-state index in [4.69, 9.17) is 9.15 Å². The number of nitrogens with one attached hydrogen (secondary N) is 1. The van der Waals surface area contributed by atoms with Gasteiger partial charge in [-0.2, -0.15) is 0 Å². The molecule has 1 aliphatic rings. The summed E-state index contributed by atoms with van der Waals surface area (Å²) in [6.45, 7) is 3.95. The topological polar surface area (TPSA) is 67.6 Å². The third-order valence-electron chi connectivity index (χ3n) is 5.61. The van der Waals surface area contributed by atoms with Crippen LogP contribution in [-0.2, 0) is 24.3 Å². The number of aryl methyl sites for hydroxylation is 1. The molecule has 162 valence electrons. The van der Waals surface area contributed by atoms with Crippen LogP contribution in [0.5, 0.6) is 5.75 Å². The van der Waals surface area contributed by atoms with E-state index in [9.17, 15) is 4.79 Å². The third kappa shape index (κ3) is 5.95. The summed E-state index contributed by atoms with van der Waals surface area (Å²) in [5.74, 6) is 2.03. The first-order valence-corrected chi connectivity index (χ1v) is 10.9. The van der Waals surface area contributed by atoms with Gasteiger partial charge in [0.25, 0.3) is 0 Å². The van der Waals surface area contributed by atoms with Crippen LogP contribution in [0, 0.1) is 0 Å². The first-order valence-electron chi connectivity index (χ1n) is 10.9. The van der Waals surface area contributed by atoms with Gasteiger partial charge in [0.1, 0.15) is 5.75 Å². The van der Waals surface area contributed by atoms with Gasteiger partial charge in [-0.3, -0.25) is 9.69 Å². The van der Waals surface area contributed by atoms with Crippen molar-refractivity contribution < 1.29 is 13.9 Å². The molecule has 1 saturated heterocycles. The molecule has 0 aliphatic carbocycles. The Morgan fingerprint density at radius 2 is 1.77 bits per heavy atom. The zero-order valence-electron chi connectivity index (χ0n) is 18.0. The molecular formula is C25H29N3O3. The molecule has 1 aliphatic heterocycles. The lowest BCUT2D eigenvalue weighted by Gasteiger charge is -2.14. The van der Waals surface area contributed by atoms with Gasteiger partial charge < -0.3 is 14.5 Å². The second kappa shape index (κ2) is 10.3. The highest BCUT2D eigenvalue weighted by molar-refractivity contribution is 5.76.